The van der Waals surface area contributed by atoms with Crippen LogP contribution >= 0.6 is 11.8 Å². The second-order valence-corrected chi connectivity index (χ2v) is 4.75. The van der Waals surface area contributed by atoms with E-state index >= 15 is 0 Å². The van der Waals surface area contributed by atoms with Gasteiger partial charge in [0.1, 0.15) is 11.9 Å². The minimum absolute atomic E-state index is 0.0450. The van der Waals surface area contributed by atoms with Crippen molar-refractivity contribution < 1.29 is 14.7 Å². The maximum absolute atomic E-state index is 8.88. The Morgan fingerprint density at radius 2 is 2.26 bits per heavy atom. The molecule has 0 saturated heterocycles. The Morgan fingerprint density at radius 1 is 1.53 bits per heavy atom. The highest BCUT2D eigenvalue weighted by Gasteiger charge is 2.15. The van der Waals surface area contributed by atoms with Crippen LogP contribution in [0.3, 0.4) is 0 Å². The van der Waals surface area contributed by atoms with Crippen LogP contribution < -0.4 is 10.5 Å². The van der Waals surface area contributed by atoms with Crippen LogP contribution in [0.4, 0.5) is 0 Å². The van der Waals surface area contributed by atoms with Gasteiger partial charge in [-0.2, -0.15) is 0 Å². The van der Waals surface area contributed by atoms with E-state index in [1.807, 2.05) is 32.2 Å². The van der Waals surface area contributed by atoms with Gasteiger partial charge in [-0.15, -0.1) is 11.8 Å². The molecule has 5 nitrogen and oxygen atoms in total. The number of hydrogen-bond donors (Lipinski definition) is 2. The zero-order valence-electron chi connectivity index (χ0n) is 11.4. The molecule has 0 bridgehead atoms. The van der Waals surface area contributed by atoms with Gasteiger partial charge in [0.25, 0.3) is 0 Å². The molecule has 1 aromatic carbocycles. The fourth-order valence-electron chi connectivity index (χ4n) is 1.62. The van der Waals surface area contributed by atoms with E-state index < -0.39 is 0 Å². The van der Waals surface area contributed by atoms with Crippen LogP contribution in [0.2, 0.25) is 0 Å². The summed E-state index contributed by atoms with van der Waals surface area (Å²) >= 11 is 1.52. The van der Waals surface area contributed by atoms with E-state index in [0.29, 0.717) is 24.5 Å². The number of amidine groups is 1. The van der Waals surface area contributed by atoms with E-state index in [-0.39, 0.29) is 11.9 Å². The topological polar surface area (TPSA) is 77.1 Å². The predicted molar refractivity (Wildman–Crippen MR) is 77.3 cm³/mol. The van der Waals surface area contributed by atoms with Crippen LogP contribution in [0.1, 0.15) is 19.4 Å². The van der Waals surface area contributed by atoms with Crippen LogP contribution in [-0.2, 0) is 4.74 Å². The van der Waals surface area contributed by atoms with Gasteiger partial charge in [0.15, 0.2) is 5.84 Å². The average Bonchev–Trinajstić information content (AvgIpc) is 2.43. The van der Waals surface area contributed by atoms with Gasteiger partial charge >= 0.3 is 0 Å². The lowest BCUT2D eigenvalue weighted by atomic mass is 10.2. The maximum atomic E-state index is 8.88. The summed E-state index contributed by atoms with van der Waals surface area (Å²) < 4.78 is 11.1. The number of benzene rings is 1. The molecule has 1 rings (SSSR count). The van der Waals surface area contributed by atoms with Crippen molar-refractivity contribution in [2.75, 3.05) is 19.5 Å². The molecule has 19 heavy (non-hydrogen) atoms. The molecule has 1 aromatic rings. The van der Waals surface area contributed by atoms with Crippen molar-refractivity contribution in [2.24, 2.45) is 10.9 Å². The van der Waals surface area contributed by atoms with Crippen LogP contribution in [-0.4, -0.2) is 36.6 Å². The Morgan fingerprint density at radius 3 is 2.84 bits per heavy atom. The van der Waals surface area contributed by atoms with Crippen molar-refractivity contribution in [3.63, 3.8) is 0 Å². The highest BCUT2D eigenvalue weighted by Crippen LogP contribution is 2.29. The number of hydrogen-bond acceptors (Lipinski definition) is 5. The zero-order chi connectivity index (χ0) is 14.3. The second kappa shape index (κ2) is 7.91. The molecule has 1 atom stereocenters. The molecular weight excluding hydrogens is 264 g/mol. The summed E-state index contributed by atoms with van der Waals surface area (Å²) in [6.45, 7) is 4.99. The first-order chi connectivity index (χ1) is 9.13. The summed E-state index contributed by atoms with van der Waals surface area (Å²) in [5.74, 6) is 0.637. The monoisotopic (exact) mass is 284 g/mol. The maximum Gasteiger partial charge on any atom is 0.174 e. The number of ether oxygens (including phenoxy) is 2. The van der Waals surface area contributed by atoms with Crippen LogP contribution in [0, 0.1) is 0 Å². The summed E-state index contributed by atoms with van der Waals surface area (Å²) in [6, 6.07) is 5.58. The molecule has 0 fully saturated rings. The lowest BCUT2D eigenvalue weighted by molar-refractivity contribution is 0.0655. The van der Waals surface area contributed by atoms with Gasteiger partial charge in [-0.25, -0.2) is 0 Å². The molecule has 0 heterocycles. The first kappa shape index (κ1) is 15.7. The Labute approximate surface area is 117 Å². The zero-order valence-corrected chi connectivity index (χ0v) is 12.2. The van der Waals surface area contributed by atoms with Crippen molar-refractivity contribution in [1.82, 2.24) is 0 Å². The Kier molecular flexibility index (Phi) is 6.52. The van der Waals surface area contributed by atoms with Crippen molar-refractivity contribution in [1.29, 1.82) is 0 Å². The van der Waals surface area contributed by atoms with Crippen LogP contribution in [0.5, 0.6) is 5.75 Å². The normalized spacial score (nSPS) is 13.3. The van der Waals surface area contributed by atoms with Gasteiger partial charge in [0.05, 0.1) is 12.2 Å². The third kappa shape index (κ3) is 4.33. The first-order valence-electron chi connectivity index (χ1n) is 6.03. The molecule has 0 radical (unpaired) electrons. The quantitative estimate of drug-likeness (QED) is 0.264. The first-order valence-corrected chi connectivity index (χ1v) is 7.25. The Hall–Kier alpha value is -1.40. The molecule has 0 aliphatic rings. The van der Waals surface area contributed by atoms with E-state index in [1.165, 1.54) is 11.8 Å². The molecule has 0 aromatic heterocycles. The van der Waals surface area contributed by atoms with E-state index in [0.717, 1.165) is 4.90 Å². The Balaban J connectivity index is 2.99. The summed E-state index contributed by atoms with van der Waals surface area (Å²) in [6.07, 6.45) is 1.82. The molecular formula is C13H20N2O3S. The largest absolute Gasteiger partial charge is 0.488 e. The molecule has 3 N–H and O–H groups in total. The standard InChI is InChI=1S/C13H20N2O3S/c1-4-17-8-9(2)18-10-6-5-7-11(19-3)12(10)13(14)15-16/h5-7,9,16H,4,8H2,1-3H3,(H2,14,15). The van der Waals surface area contributed by atoms with Crippen molar-refractivity contribution >= 4 is 17.6 Å². The summed E-state index contributed by atoms with van der Waals surface area (Å²) in [5, 5.41) is 11.9. The van der Waals surface area contributed by atoms with Gasteiger partial charge in [-0.05, 0) is 32.2 Å². The van der Waals surface area contributed by atoms with Gasteiger partial charge in [0, 0.05) is 11.5 Å². The molecule has 6 heteroatoms. The number of nitrogens with two attached hydrogens (primary N) is 1. The van der Waals surface area contributed by atoms with Gasteiger partial charge in [-0.3, -0.25) is 0 Å². The summed E-state index contributed by atoms with van der Waals surface area (Å²) in [7, 11) is 0. The van der Waals surface area contributed by atoms with Gasteiger partial charge in [-0.1, -0.05) is 11.2 Å². The van der Waals surface area contributed by atoms with Crippen molar-refractivity contribution in [3.8, 4) is 5.75 Å². The van der Waals surface area contributed by atoms with E-state index in [9.17, 15) is 0 Å². The molecule has 0 saturated carbocycles. The molecule has 0 amide bonds. The highest BCUT2D eigenvalue weighted by atomic mass is 32.2. The summed E-state index contributed by atoms with van der Waals surface area (Å²) in [4.78, 5) is 0.899. The fourth-order valence-corrected chi connectivity index (χ4v) is 2.24. The number of thioether (sulfide) groups is 1. The molecule has 0 aliphatic heterocycles. The molecule has 0 spiro atoms. The molecule has 106 valence electrons. The lowest BCUT2D eigenvalue weighted by Crippen LogP contribution is -2.22. The fraction of sp³-hybridized carbons (Fsp3) is 0.462. The average molecular weight is 284 g/mol. The lowest BCUT2D eigenvalue weighted by Gasteiger charge is -2.18. The minimum Gasteiger partial charge on any atom is -0.488 e. The van der Waals surface area contributed by atoms with Gasteiger partial charge in [0.2, 0.25) is 0 Å². The number of nitrogens with zero attached hydrogens (tertiary/aromatic N) is 1. The smallest absolute Gasteiger partial charge is 0.174 e. The SMILES string of the molecule is CCOCC(C)Oc1cccc(SC)c1/C(N)=N/O. The van der Waals surface area contributed by atoms with Crippen molar-refractivity contribution in [2.45, 2.75) is 24.8 Å². The van der Waals surface area contributed by atoms with Crippen molar-refractivity contribution in [3.05, 3.63) is 23.8 Å². The predicted octanol–water partition coefficient (Wildman–Crippen LogP) is 2.31. The Bertz CT molecular complexity index is 438. The highest BCUT2D eigenvalue weighted by molar-refractivity contribution is 7.98. The summed E-state index contributed by atoms with van der Waals surface area (Å²) in [5.41, 5.74) is 6.33. The number of rotatable bonds is 7. The van der Waals surface area contributed by atoms with E-state index in [4.69, 9.17) is 20.4 Å². The van der Waals surface area contributed by atoms with Gasteiger partial charge < -0.3 is 20.4 Å². The van der Waals surface area contributed by atoms with Crippen LogP contribution in [0.25, 0.3) is 0 Å². The second-order valence-electron chi connectivity index (χ2n) is 3.91. The number of oxime groups is 1. The van der Waals surface area contributed by atoms with E-state index in [2.05, 4.69) is 5.16 Å². The van der Waals surface area contributed by atoms with E-state index in [1.54, 1.807) is 6.07 Å². The minimum atomic E-state index is -0.109. The molecule has 0 aliphatic carbocycles. The third-order valence-corrected chi connectivity index (χ3v) is 3.24. The third-order valence-electron chi connectivity index (χ3n) is 2.46. The molecule has 1 unspecified atom stereocenters. The van der Waals surface area contributed by atoms with Crippen LogP contribution in [0.15, 0.2) is 28.3 Å².